The van der Waals surface area contributed by atoms with Gasteiger partial charge in [0, 0.05) is 19.4 Å². The van der Waals surface area contributed by atoms with Gasteiger partial charge in [-0.2, -0.15) is 0 Å². The smallest absolute Gasteiger partial charge is 0.726 e. The Morgan fingerprint density at radius 2 is 1.33 bits per heavy atom. The molecule has 1 spiro atoms. The Balaban J connectivity index is 0.00000980. The quantitative estimate of drug-likeness (QED) is 0.0193. The van der Waals surface area contributed by atoms with E-state index in [2.05, 4.69) is 47.6 Å². The zero-order valence-electron chi connectivity index (χ0n) is 53.6. The van der Waals surface area contributed by atoms with Crippen molar-refractivity contribution in [1.82, 2.24) is 0 Å². The summed E-state index contributed by atoms with van der Waals surface area (Å²) < 4.78 is 120. The van der Waals surface area contributed by atoms with E-state index in [-0.39, 0.29) is 58.7 Å². The first-order valence-corrected chi connectivity index (χ1v) is 32.9. The SMILES string of the molecule is COC1C(O)C(CO)OC(OC2C(O)COC(OC3C(C)OC(OC4C(O[C@H]5CC[C@]6(C)C7CCC89C(=O)O[C@@](C)(CCCC(C)C)[C@H]8[C@@H](OC(C)=O)C[C@@]9(C)C7=CC[C@H]6C5(C)C)OCC(OS(=O)(=O)[O-])C4O)C(OC4OCC(O)C(O)C4O)C3O)C2O)C1O.[Na+]. The van der Waals surface area contributed by atoms with E-state index in [9.17, 15) is 73.6 Å². The molecule has 31 heteroatoms. The van der Waals surface area contributed by atoms with E-state index in [0.717, 1.165) is 18.4 Å². The molecule has 10 N–H and O–H groups in total. The normalized spacial score (nSPS) is 49.7. The van der Waals surface area contributed by atoms with Crippen molar-refractivity contribution in [2.45, 2.75) is 273 Å². The molecule has 0 aromatic rings. The molecule has 24 unspecified atom stereocenters. The summed E-state index contributed by atoms with van der Waals surface area (Å²) >= 11 is 0. The summed E-state index contributed by atoms with van der Waals surface area (Å²) in [7, 11) is -4.32. The average molecular weight is 1340 g/mol. The van der Waals surface area contributed by atoms with Crippen LogP contribution in [-0.4, -0.2) is 263 Å². The predicted molar refractivity (Wildman–Crippen MR) is 301 cm³/mol. The monoisotopic (exact) mass is 1330 g/mol. The molecular formula is C60H95NaO29S. The molecule has 6 aliphatic heterocycles. The van der Waals surface area contributed by atoms with Crippen LogP contribution in [0.25, 0.3) is 0 Å². The molecule has 4 aliphatic carbocycles. The van der Waals surface area contributed by atoms with Crippen LogP contribution in [0.1, 0.15) is 120 Å². The van der Waals surface area contributed by atoms with Crippen molar-refractivity contribution >= 4 is 22.3 Å². The topological polar surface area (TPSA) is 423 Å². The fourth-order valence-corrected chi connectivity index (χ4v) is 18.1. The van der Waals surface area contributed by atoms with Gasteiger partial charge < -0.3 is 117 Å². The molecule has 0 bridgehead atoms. The summed E-state index contributed by atoms with van der Waals surface area (Å²) in [4.78, 5) is 27.6. The maximum absolute atomic E-state index is 14.8. The van der Waals surface area contributed by atoms with E-state index in [1.54, 1.807) is 0 Å². The third kappa shape index (κ3) is 13.6. The molecule has 3 saturated carbocycles. The van der Waals surface area contributed by atoms with Crippen molar-refractivity contribution in [2.75, 3.05) is 33.5 Å². The Kier molecular flexibility index (Phi) is 22.9. The van der Waals surface area contributed by atoms with Gasteiger partial charge in [-0.25, -0.2) is 8.42 Å². The molecule has 0 amide bonds. The summed E-state index contributed by atoms with van der Waals surface area (Å²) in [5.74, 6) is -0.646. The number of carbonyl (C=O) groups is 2. The molecule has 10 rings (SSSR count). The average Bonchev–Trinajstić information content (AvgIpc) is 1.52. The van der Waals surface area contributed by atoms with Crippen molar-refractivity contribution in [3.63, 3.8) is 0 Å². The summed E-state index contributed by atoms with van der Waals surface area (Å²) in [6.45, 7) is 15.1. The number of aliphatic hydroxyl groups is 10. The second-order valence-corrected chi connectivity index (χ2v) is 29.4. The maximum atomic E-state index is 14.8. The fraction of sp³-hybridized carbons (Fsp3) is 0.933. The van der Waals surface area contributed by atoms with Gasteiger partial charge in [0.25, 0.3) is 0 Å². The first-order chi connectivity index (χ1) is 42.2. The number of allylic oxidation sites excluding steroid dienone is 2. The fourth-order valence-electron chi connectivity index (χ4n) is 17.7. The van der Waals surface area contributed by atoms with Crippen LogP contribution in [0, 0.1) is 45.3 Å². The van der Waals surface area contributed by atoms with Crippen LogP contribution in [0.4, 0.5) is 0 Å². The molecule has 29 nitrogen and oxygen atoms in total. The molecule has 0 radical (unpaired) electrons. The number of methoxy groups -OCH3 is 1. The second-order valence-electron chi connectivity index (χ2n) is 28.4. The summed E-state index contributed by atoms with van der Waals surface area (Å²) in [5, 5.41) is 111. The second kappa shape index (κ2) is 28.1. The van der Waals surface area contributed by atoms with E-state index in [1.165, 1.54) is 21.0 Å². The van der Waals surface area contributed by atoms with Gasteiger partial charge in [0.1, 0.15) is 109 Å². The third-order valence-corrected chi connectivity index (χ3v) is 22.6. The molecule has 516 valence electrons. The zero-order chi connectivity index (χ0) is 65.7. The van der Waals surface area contributed by atoms with Gasteiger partial charge in [0.15, 0.2) is 31.5 Å². The summed E-state index contributed by atoms with van der Waals surface area (Å²) in [6.07, 6.45) is -31.2. The molecule has 0 aromatic carbocycles. The molecule has 10 aliphatic rings. The van der Waals surface area contributed by atoms with Crippen LogP contribution < -0.4 is 29.6 Å². The first-order valence-electron chi connectivity index (χ1n) is 31.6. The van der Waals surface area contributed by atoms with Gasteiger partial charge in [-0.1, -0.05) is 59.6 Å². The first kappa shape index (κ1) is 73.9. The number of aliphatic hydroxyl groups excluding tert-OH is 10. The number of esters is 2. The molecule has 9 fully saturated rings. The van der Waals surface area contributed by atoms with Crippen molar-refractivity contribution < 1.29 is 169 Å². The minimum Gasteiger partial charge on any atom is -0.726 e. The van der Waals surface area contributed by atoms with Crippen molar-refractivity contribution in [1.29, 1.82) is 0 Å². The zero-order valence-corrected chi connectivity index (χ0v) is 56.4. The van der Waals surface area contributed by atoms with E-state index < -0.39 is 212 Å². The molecular weight excluding hydrogens is 1240 g/mol. The van der Waals surface area contributed by atoms with E-state index in [1.807, 2.05) is 6.92 Å². The Hall–Kier alpha value is -1.29. The minimum absolute atomic E-state index is 0. The van der Waals surface area contributed by atoms with Crippen LogP contribution in [0.5, 0.6) is 0 Å². The molecule has 0 aromatic heterocycles. The van der Waals surface area contributed by atoms with Crippen LogP contribution in [0.2, 0.25) is 0 Å². The summed E-state index contributed by atoms with van der Waals surface area (Å²) in [6, 6.07) is 0. The Morgan fingerprint density at radius 3 is 1.98 bits per heavy atom. The van der Waals surface area contributed by atoms with Gasteiger partial charge in [0.05, 0.1) is 50.0 Å². The molecule has 6 saturated heterocycles. The molecule has 91 heavy (non-hydrogen) atoms. The minimum atomic E-state index is -5.51. The number of hydrogen-bond donors (Lipinski definition) is 10. The number of hydrogen-bond acceptors (Lipinski definition) is 29. The van der Waals surface area contributed by atoms with Crippen LogP contribution in [-0.2, 0) is 85.8 Å². The van der Waals surface area contributed by atoms with E-state index in [0.29, 0.717) is 50.9 Å². The standard InChI is InChI=1S/C60H96O29S.Na/c1-25(2)12-11-17-59(9)49-32(81-27(4)62)20-58(8)29-13-14-35-56(5,6)36(16-18-57(35,7)28(29)15-19-60(49,58)55(72)88-59)83-53-47(39(67)34(24-79-53)89-90(73,74)75)87-54-48(86-50-40(68)37(65)30(63)22-77-50)41(69)44(26(3)80-54)84-51-42(70)45(31(64)23-78-51)85-52-43(71)46(76-10)38(66)33(21-61)82-52;/h13,25-26,28,30-54,61,63-71H,11-12,14-24H2,1-10H3,(H,73,74,75);/q;+1/p-1/t26?,28?,30?,31?,32-,33?,34?,35-,36-,37?,38?,39?,40?,41?,42?,43?,44?,45?,46?,47?,48?,49+,50?,51?,52?,53?,54?,57+,58-,59-,60?;/m0./s1. The van der Waals surface area contributed by atoms with Gasteiger partial charge in [-0.15, -0.1) is 0 Å². The Morgan fingerprint density at radius 1 is 0.714 bits per heavy atom. The largest absolute Gasteiger partial charge is 1.00 e. The van der Waals surface area contributed by atoms with Crippen molar-refractivity contribution in [2.24, 2.45) is 45.3 Å². The van der Waals surface area contributed by atoms with Gasteiger partial charge >= 0.3 is 41.5 Å². The maximum Gasteiger partial charge on any atom is 1.00 e. The predicted octanol–water partition coefficient (Wildman–Crippen LogP) is -4.18. The van der Waals surface area contributed by atoms with E-state index in [4.69, 9.17) is 65.8 Å². The molecule has 6 heterocycles. The Labute approximate surface area is 552 Å². The van der Waals surface area contributed by atoms with Crippen molar-refractivity contribution in [3.05, 3.63) is 11.6 Å². The number of fused-ring (bicyclic) bond motifs is 4. The van der Waals surface area contributed by atoms with Gasteiger partial charge in [-0.05, 0) is 93.8 Å². The Bertz CT molecular complexity index is 2680. The van der Waals surface area contributed by atoms with Crippen LogP contribution >= 0.6 is 0 Å². The number of rotatable bonds is 19. The number of ether oxygens (including phenoxy) is 13. The van der Waals surface area contributed by atoms with Gasteiger partial charge in [-0.3, -0.25) is 13.8 Å². The van der Waals surface area contributed by atoms with Crippen molar-refractivity contribution in [3.8, 4) is 0 Å². The van der Waals surface area contributed by atoms with Gasteiger partial charge in [0.2, 0.25) is 10.4 Å². The van der Waals surface area contributed by atoms with E-state index >= 15 is 0 Å². The number of carbonyl (C=O) groups excluding carboxylic acids is 2. The summed E-state index contributed by atoms with van der Waals surface area (Å²) in [5.41, 5.74) is -2.39. The number of cyclic esters (lactones) is 1. The van der Waals surface area contributed by atoms with Crippen LogP contribution in [0.15, 0.2) is 11.6 Å². The van der Waals surface area contributed by atoms with Crippen LogP contribution in [0.3, 0.4) is 0 Å². The third-order valence-electron chi connectivity index (χ3n) is 22.1. The molecule has 31 atom stereocenters.